The van der Waals surface area contributed by atoms with Crippen molar-refractivity contribution >= 4 is 0 Å². The number of nitrogens with one attached hydrogen (secondary N) is 1. The number of H-pyrrole nitrogens is 1. The first-order valence-corrected chi connectivity index (χ1v) is 3.70. The minimum absolute atomic E-state index is 0.602. The standard InChI is InChI=1S/C8H11N2/c1-6-2-3-8-7(4-6)5-9-10-8/h5-6H,1-4H2,(H,9,10)/t6-/m0/s1. The third kappa shape index (κ3) is 0.838. The first-order valence-electron chi connectivity index (χ1n) is 3.70. The van der Waals surface area contributed by atoms with E-state index in [1.54, 1.807) is 0 Å². The molecule has 0 unspecified atom stereocenters. The molecule has 0 spiro atoms. The summed E-state index contributed by atoms with van der Waals surface area (Å²) in [6.07, 6.45) is 5.36. The summed E-state index contributed by atoms with van der Waals surface area (Å²) in [5.41, 5.74) is 2.69. The van der Waals surface area contributed by atoms with Crippen molar-refractivity contribution in [1.82, 2.24) is 10.2 Å². The summed E-state index contributed by atoms with van der Waals surface area (Å²) < 4.78 is 0. The molecule has 1 radical (unpaired) electrons. The molecule has 1 aliphatic carbocycles. The summed E-state index contributed by atoms with van der Waals surface area (Å²) in [7, 11) is 0. The Labute approximate surface area is 60.6 Å². The average molecular weight is 135 g/mol. The van der Waals surface area contributed by atoms with Crippen LogP contribution < -0.4 is 0 Å². The summed E-state index contributed by atoms with van der Waals surface area (Å²) in [5, 5.41) is 6.99. The van der Waals surface area contributed by atoms with Crippen molar-refractivity contribution in [1.29, 1.82) is 0 Å². The quantitative estimate of drug-likeness (QED) is 0.571. The van der Waals surface area contributed by atoms with Crippen LogP contribution >= 0.6 is 0 Å². The van der Waals surface area contributed by atoms with Crippen molar-refractivity contribution in [3.05, 3.63) is 24.4 Å². The van der Waals surface area contributed by atoms with Gasteiger partial charge in [0.2, 0.25) is 0 Å². The largest absolute Gasteiger partial charge is 0.282 e. The fourth-order valence-electron chi connectivity index (χ4n) is 1.49. The molecule has 2 rings (SSSR count). The van der Waals surface area contributed by atoms with Gasteiger partial charge in [-0.25, -0.2) is 0 Å². The van der Waals surface area contributed by atoms with E-state index in [4.69, 9.17) is 0 Å². The second kappa shape index (κ2) is 2.11. The highest BCUT2D eigenvalue weighted by Gasteiger charge is 2.15. The van der Waals surface area contributed by atoms with Crippen LogP contribution in [0.2, 0.25) is 0 Å². The highest BCUT2D eigenvalue weighted by molar-refractivity contribution is 5.20. The highest BCUT2D eigenvalue weighted by atomic mass is 15.1. The van der Waals surface area contributed by atoms with Gasteiger partial charge in [0, 0.05) is 5.69 Å². The first kappa shape index (κ1) is 5.96. The smallest absolute Gasteiger partial charge is 0.0522 e. The second-order valence-corrected chi connectivity index (χ2v) is 2.98. The third-order valence-corrected chi connectivity index (χ3v) is 2.12. The summed E-state index contributed by atoms with van der Waals surface area (Å²) in [6.45, 7) is 4.03. The molecule has 0 bridgehead atoms. The maximum Gasteiger partial charge on any atom is 0.0522 e. The predicted molar refractivity (Wildman–Crippen MR) is 39.5 cm³/mol. The van der Waals surface area contributed by atoms with Gasteiger partial charge in [-0.15, -0.1) is 0 Å². The number of hydrogen-bond acceptors (Lipinski definition) is 1. The molecule has 1 aliphatic rings. The van der Waals surface area contributed by atoms with Gasteiger partial charge in [0.05, 0.1) is 6.20 Å². The summed E-state index contributed by atoms with van der Waals surface area (Å²) in [5.74, 6) is 0.602. The van der Waals surface area contributed by atoms with E-state index < -0.39 is 0 Å². The molecule has 0 saturated carbocycles. The van der Waals surface area contributed by atoms with Gasteiger partial charge in [0.25, 0.3) is 0 Å². The Kier molecular flexibility index (Phi) is 1.26. The van der Waals surface area contributed by atoms with Gasteiger partial charge in [-0.1, -0.05) is 0 Å². The Hall–Kier alpha value is -0.790. The van der Waals surface area contributed by atoms with Crippen LogP contribution in [-0.2, 0) is 12.8 Å². The lowest BCUT2D eigenvalue weighted by Crippen LogP contribution is -2.09. The average Bonchev–Trinajstić information content (AvgIpc) is 2.33. The van der Waals surface area contributed by atoms with Crippen LogP contribution in [0.3, 0.4) is 0 Å². The van der Waals surface area contributed by atoms with Crippen molar-refractivity contribution in [2.24, 2.45) is 5.92 Å². The molecule has 1 aromatic heterocycles. The van der Waals surface area contributed by atoms with Gasteiger partial charge < -0.3 is 0 Å². The summed E-state index contributed by atoms with van der Waals surface area (Å²) in [6, 6.07) is 0. The van der Waals surface area contributed by atoms with E-state index in [0.717, 1.165) is 12.8 Å². The van der Waals surface area contributed by atoms with Gasteiger partial charge in [-0.05, 0) is 37.7 Å². The lowest BCUT2D eigenvalue weighted by atomic mass is 9.89. The minimum atomic E-state index is 0.602. The number of rotatable bonds is 0. The molecule has 10 heavy (non-hydrogen) atoms. The Morgan fingerprint density at radius 2 is 2.60 bits per heavy atom. The van der Waals surface area contributed by atoms with Crippen LogP contribution in [0.4, 0.5) is 0 Å². The van der Waals surface area contributed by atoms with Gasteiger partial charge in [0.15, 0.2) is 0 Å². The molecule has 2 heteroatoms. The lowest BCUT2D eigenvalue weighted by molar-refractivity contribution is 0.545. The zero-order chi connectivity index (χ0) is 6.97. The van der Waals surface area contributed by atoms with Crippen LogP contribution in [-0.4, -0.2) is 10.2 Å². The van der Waals surface area contributed by atoms with E-state index in [1.807, 2.05) is 6.20 Å². The predicted octanol–water partition coefficient (Wildman–Crippen LogP) is 1.35. The van der Waals surface area contributed by atoms with E-state index in [0.29, 0.717) is 5.92 Å². The molecule has 0 saturated heterocycles. The Bertz CT molecular complexity index is 227. The minimum Gasteiger partial charge on any atom is -0.282 e. The number of nitrogens with zero attached hydrogens (tertiary/aromatic N) is 1. The number of aryl methyl sites for hydroxylation is 1. The summed E-state index contributed by atoms with van der Waals surface area (Å²) >= 11 is 0. The van der Waals surface area contributed by atoms with Gasteiger partial charge >= 0.3 is 0 Å². The van der Waals surface area contributed by atoms with Crippen molar-refractivity contribution < 1.29 is 0 Å². The van der Waals surface area contributed by atoms with E-state index >= 15 is 0 Å². The highest BCUT2D eigenvalue weighted by Crippen LogP contribution is 2.22. The number of fused-ring (bicyclic) bond motifs is 1. The molecule has 0 fully saturated rings. The molecule has 2 nitrogen and oxygen atoms in total. The molecule has 0 aromatic carbocycles. The Morgan fingerprint density at radius 3 is 3.50 bits per heavy atom. The van der Waals surface area contributed by atoms with Crippen LogP contribution in [0, 0.1) is 12.8 Å². The van der Waals surface area contributed by atoms with Crippen LogP contribution in [0.15, 0.2) is 6.20 Å². The van der Waals surface area contributed by atoms with Crippen LogP contribution in [0.5, 0.6) is 0 Å². The zero-order valence-electron chi connectivity index (χ0n) is 5.93. The monoisotopic (exact) mass is 135 g/mol. The van der Waals surface area contributed by atoms with Gasteiger partial charge in [-0.2, -0.15) is 5.10 Å². The fourth-order valence-corrected chi connectivity index (χ4v) is 1.49. The molecule has 0 aliphatic heterocycles. The van der Waals surface area contributed by atoms with Crippen molar-refractivity contribution in [2.75, 3.05) is 0 Å². The Morgan fingerprint density at radius 1 is 1.70 bits per heavy atom. The molecule has 0 amide bonds. The number of aromatic amines is 1. The van der Waals surface area contributed by atoms with E-state index in [-0.39, 0.29) is 0 Å². The molecule has 1 N–H and O–H groups in total. The van der Waals surface area contributed by atoms with Gasteiger partial charge in [-0.3, -0.25) is 5.10 Å². The lowest BCUT2D eigenvalue weighted by Gasteiger charge is -2.16. The van der Waals surface area contributed by atoms with Crippen molar-refractivity contribution in [2.45, 2.75) is 19.3 Å². The first-order chi connectivity index (χ1) is 4.86. The molecular weight excluding hydrogens is 124 g/mol. The molecule has 1 atom stereocenters. The zero-order valence-corrected chi connectivity index (χ0v) is 5.93. The van der Waals surface area contributed by atoms with Crippen molar-refractivity contribution in [3.8, 4) is 0 Å². The topological polar surface area (TPSA) is 28.7 Å². The summed E-state index contributed by atoms with van der Waals surface area (Å²) in [4.78, 5) is 0. The van der Waals surface area contributed by atoms with E-state index in [2.05, 4.69) is 17.1 Å². The molecule has 1 heterocycles. The maximum atomic E-state index is 4.03. The molecule has 53 valence electrons. The fraction of sp³-hybridized carbons (Fsp3) is 0.500. The SMILES string of the molecule is [CH2][C@H]1CCc2[nH]ncc2C1. The van der Waals surface area contributed by atoms with Crippen LogP contribution in [0.25, 0.3) is 0 Å². The Balaban J connectivity index is 2.30. The third-order valence-electron chi connectivity index (χ3n) is 2.12. The number of aromatic nitrogens is 2. The van der Waals surface area contributed by atoms with Gasteiger partial charge in [0.1, 0.15) is 0 Å². The van der Waals surface area contributed by atoms with Crippen LogP contribution in [0.1, 0.15) is 17.7 Å². The maximum absolute atomic E-state index is 4.03. The van der Waals surface area contributed by atoms with E-state index in [1.165, 1.54) is 17.7 Å². The normalized spacial score (nSPS) is 24.3. The molecule has 1 aromatic rings. The molecular formula is C8H11N2. The van der Waals surface area contributed by atoms with Crippen molar-refractivity contribution in [3.63, 3.8) is 0 Å². The second-order valence-electron chi connectivity index (χ2n) is 2.98. The van der Waals surface area contributed by atoms with E-state index in [9.17, 15) is 0 Å². The number of hydrogen-bond donors (Lipinski definition) is 1.